The number of carbonyl (C=O) groups is 2. The van der Waals surface area contributed by atoms with Gasteiger partial charge in [-0.3, -0.25) is 10.1 Å². The van der Waals surface area contributed by atoms with Crippen molar-refractivity contribution in [1.82, 2.24) is 0 Å². The molecule has 1 aliphatic carbocycles. The molecule has 4 aromatic rings. The molecule has 2 aliphatic rings. The van der Waals surface area contributed by atoms with E-state index in [1.807, 2.05) is 18.2 Å². The normalized spacial score (nSPS) is 21.8. The number of ether oxygens (including phenoxy) is 2. The second-order valence-corrected chi connectivity index (χ2v) is 13.3. The van der Waals surface area contributed by atoms with E-state index in [9.17, 15) is 19.7 Å². The van der Waals surface area contributed by atoms with Gasteiger partial charge in [-0.15, -0.1) is 23.4 Å². The lowest BCUT2D eigenvalue weighted by Gasteiger charge is -2.38. The summed E-state index contributed by atoms with van der Waals surface area (Å²) in [5.41, 5.74) is 3.34. The van der Waals surface area contributed by atoms with Gasteiger partial charge in [-0.05, 0) is 72.0 Å². The van der Waals surface area contributed by atoms with Crippen LogP contribution in [0.2, 0.25) is 0 Å². The Bertz CT molecular complexity index is 1750. The molecule has 1 N–H and O–H groups in total. The van der Waals surface area contributed by atoms with Crippen molar-refractivity contribution in [3.05, 3.63) is 128 Å². The van der Waals surface area contributed by atoms with E-state index in [4.69, 9.17) is 21.1 Å². The maximum Gasteiger partial charge on any atom is 0.343 e. The molecule has 1 heterocycles. The van der Waals surface area contributed by atoms with Crippen LogP contribution in [0.3, 0.4) is 0 Å². The molecule has 4 aromatic carbocycles. The molecule has 1 fully saturated rings. The second kappa shape index (κ2) is 12.6. The Labute approximate surface area is 271 Å². The van der Waals surface area contributed by atoms with Crippen LogP contribution < -0.4 is 10.1 Å². The summed E-state index contributed by atoms with van der Waals surface area (Å²) in [6.45, 7) is 0. The zero-order valence-corrected chi connectivity index (χ0v) is 26.5. The molecule has 11 heteroatoms. The summed E-state index contributed by atoms with van der Waals surface area (Å²) in [4.78, 5) is 37.5. The van der Waals surface area contributed by atoms with Crippen LogP contribution >= 0.6 is 39.3 Å². The summed E-state index contributed by atoms with van der Waals surface area (Å²) >= 11 is 12.2. The van der Waals surface area contributed by atoms with E-state index in [-0.39, 0.29) is 50.4 Å². The highest BCUT2D eigenvalue weighted by Crippen LogP contribution is 2.58. The van der Waals surface area contributed by atoms with Gasteiger partial charge in [0, 0.05) is 27.4 Å². The number of esters is 2. The first-order valence-corrected chi connectivity index (χ1v) is 16.0. The molecule has 0 spiro atoms. The molecule has 44 heavy (non-hydrogen) atoms. The van der Waals surface area contributed by atoms with Gasteiger partial charge in [-0.1, -0.05) is 52.3 Å². The molecular weight excluding hydrogens is 668 g/mol. The first-order chi connectivity index (χ1) is 21.2. The zero-order valence-electron chi connectivity index (χ0n) is 23.3. The fraction of sp³-hybridized carbons (Fsp3) is 0.212. The van der Waals surface area contributed by atoms with Gasteiger partial charge in [0.25, 0.3) is 5.69 Å². The van der Waals surface area contributed by atoms with E-state index in [2.05, 4.69) is 33.4 Å². The molecule has 1 saturated carbocycles. The van der Waals surface area contributed by atoms with Crippen molar-refractivity contribution in [3.63, 3.8) is 0 Å². The maximum atomic E-state index is 13.4. The molecule has 0 unspecified atom stereocenters. The largest absolute Gasteiger partial charge is 0.465 e. The molecule has 0 bridgehead atoms. The van der Waals surface area contributed by atoms with Crippen molar-refractivity contribution in [2.45, 2.75) is 33.9 Å². The SMILES string of the molecule is COC(=O)c1ccccc1OC(=O)c1ccc2c(c1)[C@@H]1[C@@H](Cl)[C@@H](Sc3ccccc3[N+](=O)[O-])C[C@H]1[C@H](c1ccc(Br)cc1)N2. The number of thioether (sulfide) groups is 1. The predicted molar refractivity (Wildman–Crippen MR) is 173 cm³/mol. The summed E-state index contributed by atoms with van der Waals surface area (Å²) in [6, 6.07) is 26.5. The van der Waals surface area contributed by atoms with Crippen molar-refractivity contribution in [3.8, 4) is 5.75 Å². The smallest absolute Gasteiger partial charge is 0.343 e. The van der Waals surface area contributed by atoms with Crippen LogP contribution in [0, 0.1) is 16.0 Å². The average molecular weight is 694 g/mol. The predicted octanol–water partition coefficient (Wildman–Crippen LogP) is 8.40. The van der Waals surface area contributed by atoms with Crippen LogP contribution in [0.5, 0.6) is 5.75 Å². The monoisotopic (exact) mass is 692 g/mol. The Hall–Kier alpha value is -3.86. The number of nitro groups is 1. The number of carbonyl (C=O) groups excluding carboxylic acids is 2. The Morgan fingerprint density at radius 3 is 2.48 bits per heavy atom. The number of fused-ring (bicyclic) bond motifs is 3. The van der Waals surface area contributed by atoms with Gasteiger partial charge in [-0.25, -0.2) is 9.59 Å². The molecule has 0 aromatic heterocycles. The zero-order chi connectivity index (χ0) is 31.0. The minimum atomic E-state index is -0.620. The molecule has 1 aliphatic heterocycles. The molecular formula is C33H26BrClN2O6S. The van der Waals surface area contributed by atoms with E-state index < -0.39 is 11.9 Å². The third-order valence-electron chi connectivity index (χ3n) is 8.11. The van der Waals surface area contributed by atoms with Gasteiger partial charge in [0.15, 0.2) is 0 Å². The van der Waals surface area contributed by atoms with Gasteiger partial charge in [0.05, 0.1) is 33.9 Å². The van der Waals surface area contributed by atoms with Crippen molar-refractivity contribution >= 4 is 62.6 Å². The number of anilines is 1. The molecule has 6 rings (SSSR count). The number of rotatable bonds is 7. The quantitative estimate of drug-likeness (QED) is 0.0676. The van der Waals surface area contributed by atoms with Crippen LogP contribution in [-0.2, 0) is 4.74 Å². The Morgan fingerprint density at radius 1 is 1.00 bits per heavy atom. The third kappa shape index (κ3) is 5.81. The van der Waals surface area contributed by atoms with Crippen LogP contribution in [0.4, 0.5) is 11.4 Å². The third-order valence-corrected chi connectivity index (χ3v) is 10.8. The topological polar surface area (TPSA) is 108 Å². The summed E-state index contributed by atoms with van der Waals surface area (Å²) < 4.78 is 11.5. The maximum absolute atomic E-state index is 13.4. The standard InChI is InChI=1S/C33H26BrClN2O6S/c1-42-33(39)21-6-2-4-8-26(21)43-32(38)19-12-15-24-22(16-19)29-23(31(36-24)18-10-13-20(34)14-11-18)17-28(30(29)35)44-27-9-5-3-7-25(27)37(40)41/h2-16,23,28-31,36H,17H2,1H3/t23-,28+,29+,30+,31+/m1/s1. The summed E-state index contributed by atoms with van der Waals surface area (Å²) in [7, 11) is 1.26. The number of nitrogens with zero attached hydrogens (tertiary/aromatic N) is 1. The Kier molecular flexibility index (Phi) is 8.66. The fourth-order valence-corrected chi connectivity index (χ4v) is 8.32. The lowest BCUT2D eigenvalue weighted by molar-refractivity contribution is -0.387. The number of para-hydroxylation sites is 2. The average Bonchev–Trinajstić information content (AvgIpc) is 3.36. The van der Waals surface area contributed by atoms with Crippen molar-refractivity contribution in [1.29, 1.82) is 0 Å². The molecule has 0 saturated heterocycles. The van der Waals surface area contributed by atoms with Crippen LogP contribution in [0.1, 0.15) is 50.2 Å². The van der Waals surface area contributed by atoms with Crippen LogP contribution in [0.15, 0.2) is 100 Å². The van der Waals surface area contributed by atoms with Crippen LogP contribution in [-0.4, -0.2) is 34.6 Å². The van der Waals surface area contributed by atoms with Crippen LogP contribution in [0.25, 0.3) is 0 Å². The number of alkyl halides is 1. The fourth-order valence-electron chi connectivity index (χ4n) is 6.11. The highest BCUT2D eigenvalue weighted by atomic mass is 79.9. The van der Waals surface area contributed by atoms with E-state index in [0.29, 0.717) is 16.9 Å². The van der Waals surface area contributed by atoms with E-state index >= 15 is 0 Å². The van der Waals surface area contributed by atoms with E-state index in [0.717, 1.165) is 21.3 Å². The molecule has 8 nitrogen and oxygen atoms in total. The van der Waals surface area contributed by atoms with Crippen molar-refractivity contribution in [2.24, 2.45) is 5.92 Å². The number of halogens is 2. The van der Waals surface area contributed by atoms with E-state index in [1.54, 1.807) is 48.5 Å². The number of benzene rings is 4. The molecule has 0 radical (unpaired) electrons. The second-order valence-electron chi connectivity index (χ2n) is 10.6. The van der Waals surface area contributed by atoms with Gasteiger partial charge in [-0.2, -0.15) is 0 Å². The highest BCUT2D eigenvalue weighted by Gasteiger charge is 2.50. The van der Waals surface area contributed by atoms with Gasteiger partial charge < -0.3 is 14.8 Å². The first kappa shape index (κ1) is 30.2. The summed E-state index contributed by atoms with van der Waals surface area (Å²) in [6.07, 6.45) is 0.698. The van der Waals surface area contributed by atoms with Gasteiger partial charge in [0.1, 0.15) is 11.3 Å². The van der Waals surface area contributed by atoms with Gasteiger partial charge in [0.2, 0.25) is 0 Å². The van der Waals surface area contributed by atoms with Gasteiger partial charge >= 0.3 is 11.9 Å². The number of methoxy groups -OCH3 is 1. The number of hydrogen-bond donors (Lipinski definition) is 1. The Balaban J connectivity index is 1.35. The number of hydrogen-bond acceptors (Lipinski definition) is 8. The Morgan fingerprint density at radius 2 is 1.73 bits per heavy atom. The van der Waals surface area contributed by atoms with Crippen molar-refractivity contribution in [2.75, 3.05) is 12.4 Å². The van der Waals surface area contributed by atoms with Crippen molar-refractivity contribution < 1.29 is 24.0 Å². The molecule has 0 amide bonds. The lowest BCUT2D eigenvalue weighted by Crippen LogP contribution is -2.31. The molecule has 224 valence electrons. The summed E-state index contributed by atoms with van der Waals surface area (Å²) in [5.74, 6) is -1.24. The molecule has 5 atom stereocenters. The minimum Gasteiger partial charge on any atom is -0.465 e. The lowest BCUT2D eigenvalue weighted by atomic mass is 9.77. The summed E-state index contributed by atoms with van der Waals surface area (Å²) in [5, 5.41) is 14.9. The minimum absolute atomic E-state index is 0.0396. The first-order valence-electron chi connectivity index (χ1n) is 13.8. The number of nitro benzene ring substituents is 1. The van der Waals surface area contributed by atoms with E-state index in [1.165, 1.54) is 31.0 Å². The number of nitrogens with one attached hydrogen (secondary N) is 1. The highest BCUT2D eigenvalue weighted by molar-refractivity contribution is 9.10.